The van der Waals surface area contributed by atoms with E-state index in [2.05, 4.69) is 37.0 Å². The van der Waals surface area contributed by atoms with Crippen molar-refractivity contribution in [3.05, 3.63) is 37.0 Å². The van der Waals surface area contributed by atoms with Gasteiger partial charge in [-0.2, -0.15) is 0 Å². The highest BCUT2D eigenvalue weighted by molar-refractivity contribution is 5.12. The van der Waals surface area contributed by atoms with E-state index in [1.807, 2.05) is 0 Å². The molecule has 172 valence electrons. The number of nitrogens with two attached hydrogens (primary N) is 1. The van der Waals surface area contributed by atoms with Crippen LogP contribution >= 0.6 is 0 Å². The van der Waals surface area contributed by atoms with Gasteiger partial charge in [0.2, 0.25) is 0 Å². The molecule has 2 N–H and O–H groups in total. The van der Waals surface area contributed by atoms with Gasteiger partial charge in [0.25, 0.3) is 0 Å². The Hall–Kier alpha value is -0.820. The number of fused-ring (bicyclic) bond motifs is 2. The SMILES string of the molecule is C=CC(CN)C1CCC(C2CCC(C3CC=CC4C=CCCC43)CC2)C2CCCCC12. The second kappa shape index (κ2) is 9.98. The van der Waals surface area contributed by atoms with E-state index in [1.54, 1.807) is 0 Å². The molecule has 8 atom stereocenters. The van der Waals surface area contributed by atoms with Crippen molar-refractivity contribution in [3.8, 4) is 0 Å². The van der Waals surface area contributed by atoms with E-state index in [0.717, 1.165) is 59.8 Å². The molecule has 0 amide bonds. The summed E-state index contributed by atoms with van der Waals surface area (Å²) in [5, 5.41) is 0. The predicted octanol–water partition coefficient (Wildman–Crippen LogP) is 7.54. The van der Waals surface area contributed by atoms with Crippen molar-refractivity contribution in [3.63, 3.8) is 0 Å². The molecule has 0 heterocycles. The Balaban J connectivity index is 1.22. The second-order valence-electron chi connectivity index (χ2n) is 11.9. The van der Waals surface area contributed by atoms with Gasteiger partial charge >= 0.3 is 0 Å². The minimum Gasteiger partial charge on any atom is -0.330 e. The number of hydrogen-bond donors (Lipinski definition) is 1. The molecule has 31 heavy (non-hydrogen) atoms. The van der Waals surface area contributed by atoms with Crippen molar-refractivity contribution >= 4 is 0 Å². The molecular formula is C30H47N. The molecule has 3 saturated carbocycles. The molecule has 0 spiro atoms. The maximum atomic E-state index is 6.17. The first-order chi connectivity index (χ1) is 15.3. The van der Waals surface area contributed by atoms with Gasteiger partial charge in [-0.1, -0.05) is 43.2 Å². The van der Waals surface area contributed by atoms with Crippen LogP contribution in [0.2, 0.25) is 0 Å². The topological polar surface area (TPSA) is 26.0 Å². The van der Waals surface area contributed by atoms with Gasteiger partial charge < -0.3 is 5.73 Å². The third-order valence-corrected chi connectivity index (χ3v) is 10.8. The lowest BCUT2D eigenvalue weighted by Crippen LogP contribution is -2.44. The van der Waals surface area contributed by atoms with E-state index in [-0.39, 0.29) is 0 Å². The third kappa shape index (κ3) is 4.38. The van der Waals surface area contributed by atoms with E-state index in [4.69, 9.17) is 5.73 Å². The van der Waals surface area contributed by atoms with Crippen LogP contribution < -0.4 is 5.73 Å². The van der Waals surface area contributed by atoms with Crippen LogP contribution in [0, 0.1) is 59.2 Å². The van der Waals surface area contributed by atoms with E-state index in [1.165, 1.54) is 83.5 Å². The molecular weight excluding hydrogens is 374 g/mol. The highest BCUT2D eigenvalue weighted by Crippen LogP contribution is 2.55. The quantitative estimate of drug-likeness (QED) is 0.456. The second-order valence-corrected chi connectivity index (χ2v) is 11.9. The Kier molecular flexibility index (Phi) is 7.08. The van der Waals surface area contributed by atoms with Crippen molar-refractivity contribution in [1.29, 1.82) is 0 Å². The van der Waals surface area contributed by atoms with Gasteiger partial charge in [0.05, 0.1) is 0 Å². The summed E-state index contributed by atoms with van der Waals surface area (Å²) in [6, 6.07) is 0. The zero-order chi connectivity index (χ0) is 21.2. The Morgan fingerprint density at radius 2 is 1.45 bits per heavy atom. The molecule has 0 saturated heterocycles. The highest BCUT2D eigenvalue weighted by Gasteiger charge is 2.46. The molecule has 5 aliphatic carbocycles. The molecule has 0 aromatic carbocycles. The summed E-state index contributed by atoms with van der Waals surface area (Å²) in [6.45, 7) is 4.95. The van der Waals surface area contributed by atoms with Gasteiger partial charge in [0, 0.05) is 0 Å². The van der Waals surface area contributed by atoms with Gasteiger partial charge in [-0.3, -0.25) is 0 Å². The maximum Gasteiger partial charge on any atom is -0.00115 e. The standard InChI is InChI=1S/C30H47N/c1-2-21(20-31)27-18-19-28(30-12-6-5-11-29(27)30)24-16-14-23(15-17-24)26-13-7-9-22-8-3-4-10-25(22)26/h2-3,7-9,21-30H,1,4-6,10-20,31H2. The molecule has 8 unspecified atom stereocenters. The van der Waals surface area contributed by atoms with Crippen LogP contribution in [0.1, 0.15) is 83.5 Å². The molecule has 3 fully saturated rings. The van der Waals surface area contributed by atoms with Gasteiger partial charge in [-0.05, 0) is 136 Å². The molecule has 0 radical (unpaired) electrons. The Morgan fingerprint density at radius 3 is 2.19 bits per heavy atom. The van der Waals surface area contributed by atoms with Crippen LogP contribution in [0.25, 0.3) is 0 Å². The lowest BCUT2D eigenvalue weighted by molar-refractivity contribution is -0.0109. The summed E-state index contributed by atoms with van der Waals surface area (Å²) in [6.07, 6.45) is 31.2. The predicted molar refractivity (Wildman–Crippen MR) is 132 cm³/mol. The smallest absolute Gasteiger partial charge is 0.00115 e. The Morgan fingerprint density at radius 1 is 0.742 bits per heavy atom. The van der Waals surface area contributed by atoms with E-state index in [0.29, 0.717) is 5.92 Å². The van der Waals surface area contributed by atoms with Crippen molar-refractivity contribution in [2.24, 2.45) is 64.9 Å². The number of allylic oxidation sites excluding steroid dienone is 4. The Labute approximate surface area is 192 Å². The van der Waals surface area contributed by atoms with Crippen molar-refractivity contribution in [2.45, 2.75) is 83.5 Å². The molecule has 0 aliphatic heterocycles. The Bertz CT molecular complexity index is 653. The van der Waals surface area contributed by atoms with Gasteiger partial charge in [0.1, 0.15) is 0 Å². The first kappa shape index (κ1) is 22.0. The van der Waals surface area contributed by atoms with Crippen molar-refractivity contribution in [2.75, 3.05) is 6.54 Å². The molecule has 0 aromatic heterocycles. The lowest BCUT2D eigenvalue weighted by atomic mass is 9.54. The molecule has 5 aliphatic rings. The number of hydrogen-bond acceptors (Lipinski definition) is 1. The minimum atomic E-state index is 0.555. The molecule has 0 aromatic rings. The average Bonchev–Trinajstić information content (AvgIpc) is 2.84. The van der Waals surface area contributed by atoms with Gasteiger partial charge in [-0.15, -0.1) is 6.58 Å². The third-order valence-electron chi connectivity index (χ3n) is 10.8. The normalized spacial score (nSPS) is 46.0. The largest absolute Gasteiger partial charge is 0.330 e. The zero-order valence-electron chi connectivity index (χ0n) is 19.8. The first-order valence-electron chi connectivity index (χ1n) is 14.0. The van der Waals surface area contributed by atoms with Crippen LogP contribution in [0.5, 0.6) is 0 Å². The summed E-state index contributed by atoms with van der Waals surface area (Å²) in [7, 11) is 0. The zero-order valence-corrected chi connectivity index (χ0v) is 19.8. The fourth-order valence-electron chi connectivity index (χ4n) is 9.32. The summed E-state index contributed by atoms with van der Waals surface area (Å²) >= 11 is 0. The lowest BCUT2D eigenvalue weighted by Gasteiger charge is -2.52. The monoisotopic (exact) mass is 421 g/mol. The average molecular weight is 422 g/mol. The summed E-state index contributed by atoms with van der Waals surface area (Å²) in [5.74, 6) is 9.02. The van der Waals surface area contributed by atoms with Gasteiger partial charge in [-0.25, -0.2) is 0 Å². The molecule has 0 bridgehead atoms. The summed E-state index contributed by atoms with van der Waals surface area (Å²) in [5.41, 5.74) is 6.17. The fourth-order valence-corrected chi connectivity index (χ4v) is 9.32. The highest BCUT2D eigenvalue weighted by atomic mass is 14.6. The maximum absolute atomic E-state index is 6.17. The van der Waals surface area contributed by atoms with E-state index >= 15 is 0 Å². The van der Waals surface area contributed by atoms with E-state index in [9.17, 15) is 0 Å². The van der Waals surface area contributed by atoms with Crippen molar-refractivity contribution in [1.82, 2.24) is 0 Å². The summed E-state index contributed by atoms with van der Waals surface area (Å²) in [4.78, 5) is 0. The van der Waals surface area contributed by atoms with Crippen LogP contribution in [0.4, 0.5) is 0 Å². The van der Waals surface area contributed by atoms with Crippen LogP contribution in [0.15, 0.2) is 37.0 Å². The van der Waals surface area contributed by atoms with Gasteiger partial charge in [0.15, 0.2) is 0 Å². The first-order valence-corrected chi connectivity index (χ1v) is 14.0. The molecule has 1 nitrogen and oxygen atoms in total. The van der Waals surface area contributed by atoms with Crippen LogP contribution in [-0.4, -0.2) is 6.54 Å². The molecule has 5 rings (SSSR count). The summed E-state index contributed by atoms with van der Waals surface area (Å²) < 4.78 is 0. The van der Waals surface area contributed by atoms with Crippen LogP contribution in [-0.2, 0) is 0 Å². The van der Waals surface area contributed by atoms with E-state index < -0.39 is 0 Å². The minimum absolute atomic E-state index is 0.555. The number of rotatable bonds is 5. The van der Waals surface area contributed by atoms with Crippen LogP contribution in [0.3, 0.4) is 0 Å². The molecule has 1 heteroatoms. The van der Waals surface area contributed by atoms with Crippen molar-refractivity contribution < 1.29 is 0 Å². The fraction of sp³-hybridized carbons (Fsp3) is 0.800.